The van der Waals surface area contributed by atoms with E-state index in [9.17, 15) is 9.59 Å². The van der Waals surface area contributed by atoms with Gasteiger partial charge in [0.05, 0.1) is 6.54 Å². The van der Waals surface area contributed by atoms with Gasteiger partial charge in [-0.2, -0.15) is 0 Å². The maximum atomic E-state index is 11.6. The lowest BCUT2D eigenvalue weighted by Gasteiger charge is -2.44. The molecule has 5 nitrogen and oxygen atoms in total. The normalized spacial score (nSPS) is 28.0. The summed E-state index contributed by atoms with van der Waals surface area (Å²) in [6.45, 7) is 7.03. The van der Waals surface area contributed by atoms with Crippen LogP contribution in [0.15, 0.2) is 0 Å². The van der Waals surface area contributed by atoms with E-state index >= 15 is 0 Å². The van der Waals surface area contributed by atoms with Gasteiger partial charge in [-0.15, -0.1) is 0 Å². The van der Waals surface area contributed by atoms with Gasteiger partial charge in [0.1, 0.15) is 6.61 Å². The lowest BCUT2D eigenvalue weighted by Crippen LogP contribution is -2.61. The van der Waals surface area contributed by atoms with Crippen LogP contribution in [-0.2, 0) is 14.3 Å². The van der Waals surface area contributed by atoms with E-state index in [0.717, 1.165) is 0 Å². The molecule has 1 aliphatic heterocycles. The van der Waals surface area contributed by atoms with Crippen molar-refractivity contribution in [3.8, 4) is 0 Å². The fourth-order valence-corrected chi connectivity index (χ4v) is 1.48. The molecular formula is C10H17NO4. The van der Waals surface area contributed by atoms with E-state index in [0.29, 0.717) is 0 Å². The number of amides is 1. The minimum absolute atomic E-state index is 0.0880. The lowest BCUT2D eigenvalue weighted by molar-refractivity contribution is -0.186. The van der Waals surface area contributed by atoms with Crippen molar-refractivity contribution in [2.45, 2.75) is 38.8 Å². The van der Waals surface area contributed by atoms with Crippen LogP contribution in [0, 0.1) is 0 Å². The molecule has 0 radical (unpaired) electrons. The van der Waals surface area contributed by atoms with Crippen molar-refractivity contribution in [3.05, 3.63) is 0 Å². The van der Waals surface area contributed by atoms with Crippen LogP contribution in [0.2, 0.25) is 0 Å². The van der Waals surface area contributed by atoms with Gasteiger partial charge in [0.2, 0.25) is 5.91 Å². The first-order valence-electron chi connectivity index (χ1n) is 4.85. The van der Waals surface area contributed by atoms with Crippen molar-refractivity contribution in [2.75, 3.05) is 13.2 Å². The maximum Gasteiger partial charge on any atom is 0.337 e. The van der Waals surface area contributed by atoms with E-state index < -0.39 is 11.6 Å². The van der Waals surface area contributed by atoms with Gasteiger partial charge < -0.3 is 14.7 Å². The molecule has 0 aromatic carbocycles. The number of carbonyl (C=O) groups is 2. The third kappa shape index (κ3) is 2.28. The Kier molecular flexibility index (Phi) is 2.78. The average Bonchev–Trinajstić information content (AvgIpc) is 2.07. The molecular weight excluding hydrogens is 198 g/mol. The highest BCUT2D eigenvalue weighted by atomic mass is 16.5. The molecule has 1 N–H and O–H groups in total. The molecule has 1 heterocycles. The third-order valence-corrected chi connectivity index (χ3v) is 2.54. The highest BCUT2D eigenvalue weighted by molar-refractivity contribution is 5.84. The maximum absolute atomic E-state index is 11.6. The Morgan fingerprint density at radius 3 is 2.47 bits per heavy atom. The van der Waals surface area contributed by atoms with Crippen molar-refractivity contribution < 1.29 is 19.4 Å². The monoisotopic (exact) mass is 215 g/mol. The molecule has 1 unspecified atom stereocenters. The summed E-state index contributed by atoms with van der Waals surface area (Å²) in [4.78, 5) is 24.1. The number of hydrogen-bond donors (Lipinski definition) is 1. The van der Waals surface area contributed by atoms with Crippen LogP contribution in [0.3, 0.4) is 0 Å². The largest absolute Gasteiger partial charge is 0.479 e. The molecule has 0 saturated carbocycles. The number of ether oxygens (including phenoxy) is 1. The average molecular weight is 215 g/mol. The van der Waals surface area contributed by atoms with Gasteiger partial charge in [-0.3, -0.25) is 4.79 Å². The van der Waals surface area contributed by atoms with Gasteiger partial charge >= 0.3 is 5.97 Å². The van der Waals surface area contributed by atoms with Gasteiger partial charge in [0.15, 0.2) is 5.60 Å². The molecule has 15 heavy (non-hydrogen) atoms. The first kappa shape index (κ1) is 12.0. The van der Waals surface area contributed by atoms with Crippen molar-refractivity contribution >= 4 is 11.9 Å². The Bertz CT molecular complexity index is 294. The molecule has 1 amide bonds. The number of carbonyl (C=O) groups excluding carboxylic acids is 1. The fraction of sp³-hybridized carbons (Fsp3) is 0.800. The Balaban J connectivity index is 2.91. The second-order valence-corrected chi connectivity index (χ2v) is 4.98. The Morgan fingerprint density at radius 1 is 1.53 bits per heavy atom. The van der Waals surface area contributed by atoms with Crippen LogP contribution < -0.4 is 0 Å². The predicted molar refractivity (Wildman–Crippen MR) is 53.5 cm³/mol. The standard InChI is InChI=1S/C10H17NO4/c1-9(2,3)11-6-10(4,8(13)14)15-5-7(11)12/h5-6H2,1-4H3,(H,13,14). The van der Waals surface area contributed by atoms with Crippen LogP contribution in [-0.4, -0.2) is 46.2 Å². The molecule has 1 atom stereocenters. The molecule has 1 saturated heterocycles. The number of hydrogen-bond acceptors (Lipinski definition) is 3. The summed E-state index contributed by atoms with van der Waals surface area (Å²) in [6, 6.07) is 0. The van der Waals surface area contributed by atoms with Crippen LogP contribution in [0.25, 0.3) is 0 Å². The van der Waals surface area contributed by atoms with E-state index in [1.165, 1.54) is 6.92 Å². The molecule has 0 bridgehead atoms. The molecule has 1 rings (SSSR count). The first-order chi connectivity index (χ1) is 6.67. The van der Waals surface area contributed by atoms with Crippen LogP contribution in [0.5, 0.6) is 0 Å². The summed E-state index contributed by atoms with van der Waals surface area (Å²) < 4.78 is 5.07. The third-order valence-electron chi connectivity index (χ3n) is 2.54. The van der Waals surface area contributed by atoms with Crippen LogP contribution >= 0.6 is 0 Å². The minimum Gasteiger partial charge on any atom is -0.479 e. The lowest BCUT2D eigenvalue weighted by atomic mass is 9.98. The summed E-state index contributed by atoms with van der Waals surface area (Å²) in [7, 11) is 0. The van der Waals surface area contributed by atoms with E-state index in [1.807, 2.05) is 20.8 Å². The highest BCUT2D eigenvalue weighted by Gasteiger charge is 2.45. The highest BCUT2D eigenvalue weighted by Crippen LogP contribution is 2.24. The number of nitrogens with zero attached hydrogens (tertiary/aromatic N) is 1. The molecule has 0 aliphatic carbocycles. The summed E-state index contributed by atoms with van der Waals surface area (Å²) in [5.74, 6) is -1.20. The number of aliphatic carboxylic acids is 1. The molecule has 0 aromatic heterocycles. The van der Waals surface area contributed by atoms with E-state index in [2.05, 4.69) is 0 Å². The first-order valence-corrected chi connectivity index (χ1v) is 4.85. The molecule has 0 aromatic rings. The number of carboxylic acids is 1. The summed E-state index contributed by atoms with van der Waals surface area (Å²) in [5, 5.41) is 9.00. The Labute approximate surface area is 89.0 Å². The Hall–Kier alpha value is -1.10. The predicted octanol–water partition coefficient (Wildman–Crippen LogP) is 0.487. The fourth-order valence-electron chi connectivity index (χ4n) is 1.48. The zero-order chi connectivity index (χ0) is 11.9. The van der Waals surface area contributed by atoms with Crippen LogP contribution in [0.1, 0.15) is 27.7 Å². The SMILES string of the molecule is CC1(C(=O)O)CN(C(C)(C)C)C(=O)CO1. The number of rotatable bonds is 1. The van der Waals surface area contributed by atoms with E-state index in [-0.39, 0.29) is 24.6 Å². The topological polar surface area (TPSA) is 66.8 Å². The smallest absolute Gasteiger partial charge is 0.337 e. The quantitative estimate of drug-likeness (QED) is 0.691. The van der Waals surface area contributed by atoms with E-state index in [1.54, 1.807) is 4.90 Å². The van der Waals surface area contributed by atoms with Gasteiger partial charge in [-0.05, 0) is 27.7 Å². The van der Waals surface area contributed by atoms with E-state index in [4.69, 9.17) is 9.84 Å². The number of morpholine rings is 1. The zero-order valence-corrected chi connectivity index (χ0v) is 9.53. The van der Waals surface area contributed by atoms with Gasteiger partial charge in [0.25, 0.3) is 0 Å². The minimum atomic E-state index is -1.29. The number of carboxylic acid groups (broad SMARTS) is 1. The van der Waals surface area contributed by atoms with Crippen molar-refractivity contribution in [3.63, 3.8) is 0 Å². The van der Waals surface area contributed by atoms with Crippen molar-refractivity contribution in [1.82, 2.24) is 4.90 Å². The Morgan fingerprint density at radius 2 is 2.07 bits per heavy atom. The van der Waals surface area contributed by atoms with Gasteiger partial charge in [-0.1, -0.05) is 0 Å². The molecule has 86 valence electrons. The summed E-state index contributed by atoms with van der Waals surface area (Å²) in [5.41, 5.74) is -1.67. The molecule has 1 aliphatic rings. The molecule has 5 heteroatoms. The van der Waals surface area contributed by atoms with Gasteiger partial charge in [-0.25, -0.2) is 4.79 Å². The van der Waals surface area contributed by atoms with Crippen molar-refractivity contribution in [1.29, 1.82) is 0 Å². The second-order valence-electron chi connectivity index (χ2n) is 4.98. The van der Waals surface area contributed by atoms with Crippen molar-refractivity contribution in [2.24, 2.45) is 0 Å². The molecule has 1 fully saturated rings. The molecule has 0 spiro atoms. The van der Waals surface area contributed by atoms with Crippen LogP contribution in [0.4, 0.5) is 0 Å². The van der Waals surface area contributed by atoms with Gasteiger partial charge in [0, 0.05) is 5.54 Å². The summed E-state index contributed by atoms with van der Waals surface area (Å²) >= 11 is 0. The second kappa shape index (κ2) is 3.48. The summed E-state index contributed by atoms with van der Waals surface area (Å²) in [6.07, 6.45) is 0. The zero-order valence-electron chi connectivity index (χ0n) is 9.53.